The Morgan fingerprint density at radius 2 is 2.08 bits per heavy atom. The second-order valence-corrected chi connectivity index (χ2v) is 6.78. The summed E-state index contributed by atoms with van der Waals surface area (Å²) >= 11 is 0. The van der Waals surface area contributed by atoms with E-state index in [4.69, 9.17) is 14.2 Å². The van der Waals surface area contributed by atoms with Gasteiger partial charge in [0.05, 0.1) is 26.2 Å². The van der Waals surface area contributed by atoms with Gasteiger partial charge in [-0.3, -0.25) is 9.69 Å². The molecular weight excluding hydrogens is 320 g/mol. The minimum Gasteiger partial charge on any atom is -0.493 e. The van der Waals surface area contributed by atoms with Crippen LogP contribution in [0.2, 0.25) is 0 Å². The van der Waals surface area contributed by atoms with Crippen molar-refractivity contribution < 1.29 is 19.0 Å². The maximum atomic E-state index is 12.6. The summed E-state index contributed by atoms with van der Waals surface area (Å²) < 4.78 is 15.9. The zero-order valence-electron chi connectivity index (χ0n) is 15.8. The molecule has 1 amide bonds. The van der Waals surface area contributed by atoms with Crippen LogP contribution in [0.25, 0.3) is 0 Å². The molecule has 0 radical (unpaired) electrons. The van der Waals surface area contributed by atoms with Crippen molar-refractivity contribution in [2.24, 2.45) is 5.41 Å². The summed E-state index contributed by atoms with van der Waals surface area (Å²) in [4.78, 5) is 14.9. The van der Waals surface area contributed by atoms with E-state index in [-0.39, 0.29) is 11.3 Å². The number of para-hydroxylation sites is 1. The van der Waals surface area contributed by atoms with Crippen molar-refractivity contribution in [2.75, 3.05) is 47.6 Å². The van der Waals surface area contributed by atoms with Gasteiger partial charge in [0.15, 0.2) is 11.5 Å². The number of carbonyl (C=O) groups excluding carboxylic acids is 1. The molecule has 0 aromatic heterocycles. The second-order valence-electron chi connectivity index (χ2n) is 6.78. The Labute approximate surface area is 150 Å². The summed E-state index contributed by atoms with van der Waals surface area (Å²) in [6.07, 6.45) is 1.90. The lowest BCUT2D eigenvalue weighted by Gasteiger charge is -2.39. The molecule has 1 aliphatic rings. The van der Waals surface area contributed by atoms with E-state index in [1.54, 1.807) is 21.3 Å². The Morgan fingerprint density at radius 1 is 1.28 bits per heavy atom. The lowest BCUT2D eigenvalue weighted by atomic mass is 9.80. The molecule has 1 aliphatic heterocycles. The van der Waals surface area contributed by atoms with Crippen LogP contribution in [0.5, 0.6) is 11.5 Å². The number of rotatable bonds is 8. The molecule has 25 heavy (non-hydrogen) atoms. The van der Waals surface area contributed by atoms with Crippen LogP contribution in [0.1, 0.15) is 25.3 Å². The first-order valence-electron chi connectivity index (χ1n) is 8.73. The van der Waals surface area contributed by atoms with Crippen LogP contribution < -0.4 is 14.8 Å². The van der Waals surface area contributed by atoms with Gasteiger partial charge in [-0.2, -0.15) is 0 Å². The van der Waals surface area contributed by atoms with Gasteiger partial charge in [-0.05, 0) is 32.4 Å². The summed E-state index contributed by atoms with van der Waals surface area (Å²) in [5, 5.41) is 2.98. The predicted octanol–water partition coefficient (Wildman–Crippen LogP) is 2.07. The zero-order chi connectivity index (χ0) is 18.3. The first kappa shape index (κ1) is 19.5. The Hall–Kier alpha value is -1.79. The van der Waals surface area contributed by atoms with Crippen molar-refractivity contribution in [1.29, 1.82) is 0 Å². The van der Waals surface area contributed by atoms with Crippen molar-refractivity contribution in [3.63, 3.8) is 0 Å². The zero-order valence-corrected chi connectivity index (χ0v) is 15.8. The molecule has 0 spiro atoms. The summed E-state index contributed by atoms with van der Waals surface area (Å²) in [5.74, 6) is 1.60. The summed E-state index contributed by atoms with van der Waals surface area (Å²) in [5.41, 5.74) is 0.698. The molecule has 2 rings (SSSR count). The number of likely N-dealkylation sites (tertiary alicyclic amines) is 1. The van der Waals surface area contributed by atoms with Crippen LogP contribution in [0.4, 0.5) is 0 Å². The standard InChI is InChI=1S/C19H30N2O4/c1-19(18(22)20-10-12-23-2)9-6-11-21(14-19)13-15-7-5-8-16(24-3)17(15)25-4/h5,7-8H,6,9-14H2,1-4H3,(H,20,22). The maximum absolute atomic E-state index is 12.6. The molecular formula is C19H30N2O4. The van der Waals surface area contributed by atoms with Crippen LogP contribution in [-0.2, 0) is 16.1 Å². The molecule has 0 bridgehead atoms. The van der Waals surface area contributed by atoms with Crippen LogP contribution in [0, 0.1) is 5.41 Å². The largest absolute Gasteiger partial charge is 0.493 e. The number of amides is 1. The highest BCUT2D eigenvalue weighted by Crippen LogP contribution is 2.34. The molecule has 1 aromatic rings. The van der Waals surface area contributed by atoms with Crippen molar-refractivity contribution in [1.82, 2.24) is 10.2 Å². The topological polar surface area (TPSA) is 60.0 Å². The third kappa shape index (κ3) is 4.86. The van der Waals surface area contributed by atoms with Crippen molar-refractivity contribution in [2.45, 2.75) is 26.3 Å². The molecule has 6 nitrogen and oxygen atoms in total. The molecule has 1 unspecified atom stereocenters. The SMILES string of the molecule is COCCNC(=O)C1(C)CCCN(Cc2cccc(OC)c2OC)C1. The molecule has 0 saturated carbocycles. The van der Waals surface area contributed by atoms with E-state index in [0.717, 1.165) is 49.5 Å². The summed E-state index contributed by atoms with van der Waals surface area (Å²) in [6.45, 7) is 5.57. The van der Waals surface area contributed by atoms with Gasteiger partial charge in [-0.15, -0.1) is 0 Å². The highest BCUT2D eigenvalue weighted by molar-refractivity contribution is 5.82. The molecule has 140 valence electrons. The molecule has 1 aromatic carbocycles. The number of piperidine rings is 1. The number of nitrogens with zero attached hydrogens (tertiary/aromatic N) is 1. The van der Waals surface area contributed by atoms with Gasteiger partial charge < -0.3 is 19.5 Å². The second kappa shape index (κ2) is 9.06. The lowest BCUT2D eigenvalue weighted by Crippen LogP contribution is -2.50. The normalized spacial score (nSPS) is 21.0. The van der Waals surface area contributed by atoms with Crippen molar-refractivity contribution in [3.05, 3.63) is 23.8 Å². The highest BCUT2D eigenvalue weighted by Gasteiger charge is 2.37. The predicted molar refractivity (Wildman–Crippen MR) is 97.0 cm³/mol. The highest BCUT2D eigenvalue weighted by atomic mass is 16.5. The minimum absolute atomic E-state index is 0.104. The monoisotopic (exact) mass is 350 g/mol. The fourth-order valence-electron chi connectivity index (χ4n) is 3.46. The lowest BCUT2D eigenvalue weighted by molar-refractivity contribution is -0.133. The number of ether oxygens (including phenoxy) is 3. The number of nitrogens with one attached hydrogen (secondary N) is 1. The summed E-state index contributed by atoms with van der Waals surface area (Å²) in [7, 11) is 4.94. The Balaban J connectivity index is 2.05. The number of methoxy groups -OCH3 is 3. The Morgan fingerprint density at radius 3 is 2.76 bits per heavy atom. The fourth-order valence-corrected chi connectivity index (χ4v) is 3.46. The number of carbonyl (C=O) groups is 1. The average molecular weight is 350 g/mol. The van der Waals surface area contributed by atoms with Crippen LogP contribution >= 0.6 is 0 Å². The van der Waals surface area contributed by atoms with E-state index in [2.05, 4.69) is 10.2 Å². The van der Waals surface area contributed by atoms with E-state index in [0.29, 0.717) is 13.2 Å². The molecule has 0 aliphatic carbocycles. The van der Waals surface area contributed by atoms with E-state index in [1.807, 2.05) is 25.1 Å². The van der Waals surface area contributed by atoms with E-state index >= 15 is 0 Å². The number of benzene rings is 1. The van der Waals surface area contributed by atoms with Gasteiger partial charge in [0.2, 0.25) is 5.91 Å². The minimum atomic E-state index is -0.377. The smallest absolute Gasteiger partial charge is 0.227 e. The average Bonchev–Trinajstić information content (AvgIpc) is 2.61. The van der Waals surface area contributed by atoms with E-state index in [1.165, 1.54) is 0 Å². The first-order valence-corrected chi connectivity index (χ1v) is 8.73. The fraction of sp³-hybridized carbons (Fsp3) is 0.632. The quantitative estimate of drug-likeness (QED) is 0.728. The Bertz CT molecular complexity index is 579. The molecule has 1 saturated heterocycles. The van der Waals surface area contributed by atoms with Crippen LogP contribution in [0.15, 0.2) is 18.2 Å². The molecule has 1 heterocycles. The van der Waals surface area contributed by atoms with Gasteiger partial charge in [0, 0.05) is 32.3 Å². The third-order valence-corrected chi connectivity index (χ3v) is 4.79. The molecule has 6 heteroatoms. The molecule has 1 fully saturated rings. The molecule has 1 N–H and O–H groups in total. The Kier molecular flexibility index (Phi) is 7.08. The van der Waals surface area contributed by atoms with E-state index < -0.39 is 0 Å². The van der Waals surface area contributed by atoms with Gasteiger partial charge in [-0.1, -0.05) is 12.1 Å². The molecule has 1 atom stereocenters. The number of hydrogen-bond donors (Lipinski definition) is 1. The van der Waals surface area contributed by atoms with E-state index in [9.17, 15) is 4.79 Å². The first-order chi connectivity index (χ1) is 12.0. The van der Waals surface area contributed by atoms with Crippen LogP contribution in [0.3, 0.4) is 0 Å². The van der Waals surface area contributed by atoms with Crippen molar-refractivity contribution >= 4 is 5.91 Å². The maximum Gasteiger partial charge on any atom is 0.227 e. The van der Waals surface area contributed by atoms with Crippen molar-refractivity contribution in [3.8, 4) is 11.5 Å². The van der Waals surface area contributed by atoms with Gasteiger partial charge in [0.25, 0.3) is 0 Å². The van der Waals surface area contributed by atoms with Gasteiger partial charge >= 0.3 is 0 Å². The van der Waals surface area contributed by atoms with Gasteiger partial charge in [-0.25, -0.2) is 0 Å². The van der Waals surface area contributed by atoms with Crippen LogP contribution in [-0.4, -0.2) is 58.4 Å². The number of hydrogen-bond acceptors (Lipinski definition) is 5. The third-order valence-electron chi connectivity index (χ3n) is 4.79. The summed E-state index contributed by atoms with van der Waals surface area (Å²) in [6, 6.07) is 5.91. The van der Waals surface area contributed by atoms with Gasteiger partial charge in [0.1, 0.15) is 0 Å².